The van der Waals surface area contributed by atoms with E-state index in [4.69, 9.17) is 9.72 Å². The van der Waals surface area contributed by atoms with Gasteiger partial charge in [-0.1, -0.05) is 12.1 Å². The molecular formula is C18H18FN3O. The van der Waals surface area contributed by atoms with Crippen LogP contribution in [-0.4, -0.2) is 40.8 Å². The Morgan fingerprint density at radius 3 is 2.52 bits per heavy atom. The molecule has 5 heteroatoms. The van der Waals surface area contributed by atoms with Crippen molar-refractivity contribution in [2.45, 2.75) is 6.67 Å². The second-order valence-electron chi connectivity index (χ2n) is 5.73. The zero-order valence-electron chi connectivity index (χ0n) is 12.8. The van der Waals surface area contributed by atoms with Crippen LogP contribution in [0.2, 0.25) is 0 Å². The van der Waals surface area contributed by atoms with E-state index >= 15 is 0 Å². The van der Waals surface area contributed by atoms with E-state index in [1.807, 2.05) is 18.2 Å². The van der Waals surface area contributed by atoms with Gasteiger partial charge in [-0.05, 0) is 36.4 Å². The van der Waals surface area contributed by atoms with Crippen LogP contribution in [0.1, 0.15) is 0 Å². The summed E-state index contributed by atoms with van der Waals surface area (Å²) in [5.41, 5.74) is 2.98. The van der Waals surface area contributed by atoms with Crippen LogP contribution in [0, 0.1) is 5.82 Å². The molecule has 0 atom stereocenters. The van der Waals surface area contributed by atoms with Gasteiger partial charge in [0.05, 0.1) is 30.9 Å². The summed E-state index contributed by atoms with van der Waals surface area (Å²) in [6, 6.07) is 14.6. The van der Waals surface area contributed by atoms with Crippen LogP contribution in [-0.2, 0) is 11.4 Å². The Balaban J connectivity index is 1.79. The van der Waals surface area contributed by atoms with Crippen molar-refractivity contribution < 1.29 is 9.13 Å². The van der Waals surface area contributed by atoms with Crippen LogP contribution in [0.3, 0.4) is 0 Å². The summed E-state index contributed by atoms with van der Waals surface area (Å²) in [6.07, 6.45) is 0. The van der Waals surface area contributed by atoms with E-state index in [0.29, 0.717) is 0 Å². The number of imidazole rings is 1. The number of morpholine rings is 1. The molecule has 0 saturated carbocycles. The van der Waals surface area contributed by atoms with Gasteiger partial charge in [-0.25, -0.2) is 9.37 Å². The first-order chi connectivity index (χ1) is 11.3. The number of hydrogen-bond donors (Lipinski definition) is 0. The van der Waals surface area contributed by atoms with Gasteiger partial charge in [0.2, 0.25) is 0 Å². The molecule has 118 valence electrons. The Kier molecular flexibility index (Phi) is 3.81. The highest BCUT2D eigenvalue weighted by molar-refractivity contribution is 5.80. The maximum atomic E-state index is 13.2. The third kappa shape index (κ3) is 2.85. The number of nitrogens with zero attached hydrogens (tertiary/aromatic N) is 3. The number of para-hydroxylation sites is 2. The van der Waals surface area contributed by atoms with Crippen molar-refractivity contribution in [2.24, 2.45) is 0 Å². The van der Waals surface area contributed by atoms with Crippen LogP contribution >= 0.6 is 0 Å². The molecule has 3 aromatic rings. The number of hydrogen-bond acceptors (Lipinski definition) is 3. The van der Waals surface area contributed by atoms with Crippen molar-refractivity contribution in [3.05, 3.63) is 54.3 Å². The van der Waals surface area contributed by atoms with E-state index in [9.17, 15) is 4.39 Å². The highest BCUT2D eigenvalue weighted by Gasteiger charge is 2.17. The first-order valence-corrected chi connectivity index (χ1v) is 7.82. The number of ether oxygens (including phenoxy) is 1. The molecule has 0 unspecified atom stereocenters. The topological polar surface area (TPSA) is 30.3 Å². The van der Waals surface area contributed by atoms with Gasteiger partial charge < -0.3 is 9.30 Å². The van der Waals surface area contributed by atoms with Gasteiger partial charge in [0, 0.05) is 18.7 Å². The number of fused-ring (bicyclic) bond motifs is 1. The van der Waals surface area contributed by atoms with Crippen LogP contribution in [0.5, 0.6) is 0 Å². The average molecular weight is 311 g/mol. The van der Waals surface area contributed by atoms with E-state index in [1.165, 1.54) is 12.1 Å². The summed E-state index contributed by atoms with van der Waals surface area (Å²) in [6.45, 7) is 4.11. The van der Waals surface area contributed by atoms with E-state index < -0.39 is 0 Å². The summed E-state index contributed by atoms with van der Waals surface area (Å²) in [7, 11) is 0. The van der Waals surface area contributed by atoms with Crippen LogP contribution in [0.15, 0.2) is 48.5 Å². The van der Waals surface area contributed by atoms with Gasteiger partial charge in [0.25, 0.3) is 0 Å². The average Bonchev–Trinajstić information content (AvgIpc) is 2.95. The highest BCUT2D eigenvalue weighted by Crippen LogP contribution is 2.25. The van der Waals surface area contributed by atoms with Crippen molar-refractivity contribution in [1.29, 1.82) is 0 Å². The normalized spacial score (nSPS) is 16.0. The summed E-state index contributed by atoms with van der Waals surface area (Å²) in [4.78, 5) is 7.11. The Hall–Kier alpha value is -2.24. The molecule has 0 spiro atoms. The van der Waals surface area contributed by atoms with Gasteiger partial charge in [-0.15, -0.1) is 0 Å². The maximum Gasteiger partial charge on any atom is 0.142 e. The number of halogens is 1. The summed E-state index contributed by atoms with van der Waals surface area (Å²) in [5, 5.41) is 0. The number of benzene rings is 2. The second kappa shape index (κ2) is 6.10. The Bertz CT molecular complexity index is 807. The first kappa shape index (κ1) is 14.4. The SMILES string of the molecule is Fc1ccc(-c2nc3ccccc3n2CN2CCOCC2)cc1. The van der Waals surface area contributed by atoms with Crippen LogP contribution in [0.25, 0.3) is 22.4 Å². The highest BCUT2D eigenvalue weighted by atomic mass is 19.1. The molecule has 1 saturated heterocycles. The number of aromatic nitrogens is 2. The van der Waals surface area contributed by atoms with Gasteiger partial charge in [-0.2, -0.15) is 0 Å². The Morgan fingerprint density at radius 2 is 1.74 bits per heavy atom. The minimum atomic E-state index is -0.232. The fraction of sp³-hybridized carbons (Fsp3) is 0.278. The minimum absolute atomic E-state index is 0.232. The minimum Gasteiger partial charge on any atom is -0.379 e. The molecule has 1 fully saturated rings. The zero-order chi connectivity index (χ0) is 15.6. The molecule has 1 aliphatic heterocycles. The van der Waals surface area contributed by atoms with E-state index in [-0.39, 0.29) is 5.82 Å². The lowest BCUT2D eigenvalue weighted by atomic mass is 10.2. The van der Waals surface area contributed by atoms with Crippen LogP contribution in [0.4, 0.5) is 4.39 Å². The van der Waals surface area contributed by atoms with E-state index in [2.05, 4.69) is 15.5 Å². The van der Waals surface area contributed by atoms with Gasteiger partial charge in [0.15, 0.2) is 0 Å². The smallest absolute Gasteiger partial charge is 0.142 e. The molecule has 2 heterocycles. The quantitative estimate of drug-likeness (QED) is 0.744. The Labute approximate surface area is 134 Å². The summed E-state index contributed by atoms with van der Waals surface area (Å²) in [5.74, 6) is 0.641. The predicted octanol–water partition coefficient (Wildman–Crippen LogP) is 3.13. The molecular weight excluding hydrogens is 293 g/mol. The van der Waals surface area contributed by atoms with Crippen molar-refractivity contribution in [3.63, 3.8) is 0 Å². The summed E-state index contributed by atoms with van der Waals surface area (Å²) < 4.78 is 20.9. The van der Waals surface area contributed by atoms with Crippen molar-refractivity contribution in [1.82, 2.24) is 14.5 Å². The molecule has 0 radical (unpaired) electrons. The first-order valence-electron chi connectivity index (χ1n) is 7.82. The van der Waals surface area contributed by atoms with Gasteiger partial charge in [-0.3, -0.25) is 4.90 Å². The van der Waals surface area contributed by atoms with Crippen molar-refractivity contribution in [3.8, 4) is 11.4 Å². The van der Waals surface area contributed by atoms with Gasteiger partial charge >= 0.3 is 0 Å². The van der Waals surface area contributed by atoms with Gasteiger partial charge in [0.1, 0.15) is 11.6 Å². The lowest BCUT2D eigenvalue weighted by Gasteiger charge is -2.27. The van der Waals surface area contributed by atoms with E-state index in [1.54, 1.807) is 12.1 Å². The van der Waals surface area contributed by atoms with Crippen LogP contribution < -0.4 is 0 Å². The predicted molar refractivity (Wildman–Crippen MR) is 87.5 cm³/mol. The van der Waals surface area contributed by atoms with E-state index in [0.717, 1.165) is 55.4 Å². The standard InChI is InChI=1S/C18H18FN3O/c19-15-7-5-14(6-8-15)18-20-16-3-1-2-4-17(16)22(18)13-21-9-11-23-12-10-21/h1-8H,9-13H2. The molecule has 0 aliphatic carbocycles. The molecule has 4 rings (SSSR count). The van der Waals surface area contributed by atoms with Crippen molar-refractivity contribution in [2.75, 3.05) is 26.3 Å². The molecule has 2 aromatic carbocycles. The second-order valence-corrected chi connectivity index (χ2v) is 5.73. The molecule has 1 aliphatic rings. The lowest BCUT2D eigenvalue weighted by molar-refractivity contribution is 0.0244. The molecule has 0 amide bonds. The lowest BCUT2D eigenvalue weighted by Crippen LogP contribution is -2.37. The largest absolute Gasteiger partial charge is 0.379 e. The fourth-order valence-corrected chi connectivity index (χ4v) is 2.98. The molecule has 1 aromatic heterocycles. The third-order valence-corrected chi connectivity index (χ3v) is 4.20. The molecule has 23 heavy (non-hydrogen) atoms. The zero-order valence-corrected chi connectivity index (χ0v) is 12.8. The summed E-state index contributed by atoms with van der Waals surface area (Å²) >= 11 is 0. The molecule has 4 nitrogen and oxygen atoms in total. The third-order valence-electron chi connectivity index (χ3n) is 4.20. The van der Waals surface area contributed by atoms with Crippen molar-refractivity contribution >= 4 is 11.0 Å². The maximum absolute atomic E-state index is 13.2. The number of rotatable bonds is 3. The Morgan fingerprint density at radius 1 is 1.00 bits per heavy atom. The monoisotopic (exact) mass is 311 g/mol. The molecule has 0 bridgehead atoms. The fourth-order valence-electron chi connectivity index (χ4n) is 2.98. The molecule has 0 N–H and O–H groups in total.